The van der Waals surface area contributed by atoms with Crippen LogP contribution in [0.3, 0.4) is 0 Å². The van der Waals surface area contributed by atoms with Crippen molar-refractivity contribution in [1.29, 1.82) is 0 Å². The van der Waals surface area contributed by atoms with Crippen molar-refractivity contribution in [2.45, 2.75) is 58.2 Å². The first-order chi connectivity index (χ1) is 10.3. The normalized spacial score (nSPS) is 20.8. The third-order valence-corrected chi connectivity index (χ3v) is 3.91. The maximum Gasteiger partial charge on any atom is 0.320 e. The monoisotopic (exact) mass is 313 g/mol. The minimum absolute atomic E-state index is 0.166. The lowest BCUT2D eigenvalue weighted by Crippen LogP contribution is -2.55. The summed E-state index contributed by atoms with van der Waals surface area (Å²) in [7, 11) is 1.56. The predicted molar refractivity (Wildman–Crippen MR) is 82.3 cm³/mol. The number of rotatable bonds is 7. The first-order valence-electron chi connectivity index (χ1n) is 7.78. The molecular formula is C15H27N3O4. The second-order valence-corrected chi connectivity index (χ2v) is 6.21. The van der Waals surface area contributed by atoms with Crippen molar-refractivity contribution >= 4 is 17.8 Å². The SMILES string of the molecule is CNC(=O)C1CCCN1C(=O)[C@H](CC(C)C)N[C@H](C)C(=O)O. The van der Waals surface area contributed by atoms with Gasteiger partial charge >= 0.3 is 5.97 Å². The number of amides is 2. The molecule has 0 aromatic heterocycles. The molecule has 1 fully saturated rings. The maximum absolute atomic E-state index is 12.8. The fourth-order valence-corrected chi connectivity index (χ4v) is 2.75. The Kier molecular flexibility index (Phi) is 6.80. The molecule has 126 valence electrons. The summed E-state index contributed by atoms with van der Waals surface area (Å²) in [5, 5.41) is 14.5. The van der Waals surface area contributed by atoms with Gasteiger partial charge in [-0.3, -0.25) is 19.7 Å². The number of nitrogens with zero attached hydrogens (tertiary/aromatic N) is 1. The molecule has 0 aliphatic carbocycles. The van der Waals surface area contributed by atoms with Gasteiger partial charge in [0.2, 0.25) is 11.8 Å². The lowest BCUT2D eigenvalue weighted by molar-refractivity contribution is -0.142. The molecular weight excluding hydrogens is 286 g/mol. The third-order valence-electron chi connectivity index (χ3n) is 3.91. The molecule has 0 aromatic rings. The van der Waals surface area contributed by atoms with E-state index in [1.54, 1.807) is 11.9 Å². The molecule has 1 heterocycles. The van der Waals surface area contributed by atoms with Crippen LogP contribution in [0.25, 0.3) is 0 Å². The van der Waals surface area contributed by atoms with E-state index < -0.39 is 24.1 Å². The number of carboxylic acid groups (broad SMARTS) is 1. The van der Waals surface area contributed by atoms with Gasteiger partial charge in [0, 0.05) is 13.6 Å². The Balaban J connectivity index is 2.85. The van der Waals surface area contributed by atoms with Crippen LogP contribution in [0.1, 0.15) is 40.0 Å². The molecule has 1 unspecified atom stereocenters. The lowest BCUT2D eigenvalue weighted by Gasteiger charge is -2.30. The third kappa shape index (κ3) is 4.69. The smallest absolute Gasteiger partial charge is 0.320 e. The van der Waals surface area contributed by atoms with Gasteiger partial charge in [-0.15, -0.1) is 0 Å². The van der Waals surface area contributed by atoms with E-state index >= 15 is 0 Å². The molecule has 7 heteroatoms. The molecule has 2 amide bonds. The van der Waals surface area contributed by atoms with Crippen LogP contribution in [0.5, 0.6) is 0 Å². The zero-order valence-electron chi connectivity index (χ0n) is 13.8. The molecule has 3 N–H and O–H groups in total. The van der Waals surface area contributed by atoms with E-state index in [9.17, 15) is 14.4 Å². The van der Waals surface area contributed by atoms with Crippen molar-refractivity contribution in [1.82, 2.24) is 15.5 Å². The van der Waals surface area contributed by atoms with E-state index in [1.807, 2.05) is 13.8 Å². The molecule has 1 saturated heterocycles. The zero-order valence-corrected chi connectivity index (χ0v) is 13.8. The highest BCUT2D eigenvalue weighted by Crippen LogP contribution is 2.20. The zero-order chi connectivity index (χ0) is 16.9. The van der Waals surface area contributed by atoms with Crippen LogP contribution in [0.15, 0.2) is 0 Å². The van der Waals surface area contributed by atoms with Gasteiger partial charge < -0.3 is 15.3 Å². The quantitative estimate of drug-likeness (QED) is 0.624. The minimum Gasteiger partial charge on any atom is -0.480 e. The largest absolute Gasteiger partial charge is 0.480 e. The van der Waals surface area contributed by atoms with Gasteiger partial charge in [-0.25, -0.2) is 0 Å². The summed E-state index contributed by atoms with van der Waals surface area (Å²) in [5.74, 6) is -1.11. The number of carbonyl (C=O) groups excluding carboxylic acids is 2. The summed E-state index contributed by atoms with van der Waals surface area (Å²) in [4.78, 5) is 37.3. The summed E-state index contributed by atoms with van der Waals surface area (Å²) >= 11 is 0. The second kappa shape index (κ2) is 8.12. The van der Waals surface area contributed by atoms with Crippen molar-refractivity contribution in [3.05, 3.63) is 0 Å². The van der Waals surface area contributed by atoms with Crippen LogP contribution in [-0.4, -0.2) is 59.5 Å². The number of likely N-dealkylation sites (N-methyl/N-ethyl adjacent to an activating group) is 1. The van der Waals surface area contributed by atoms with Crippen molar-refractivity contribution in [2.24, 2.45) is 5.92 Å². The van der Waals surface area contributed by atoms with Gasteiger partial charge in [0.15, 0.2) is 0 Å². The topological polar surface area (TPSA) is 98.7 Å². The molecule has 1 rings (SSSR count). The highest BCUT2D eigenvalue weighted by atomic mass is 16.4. The van der Waals surface area contributed by atoms with Crippen molar-refractivity contribution in [2.75, 3.05) is 13.6 Å². The Morgan fingerprint density at radius 3 is 2.41 bits per heavy atom. The second-order valence-electron chi connectivity index (χ2n) is 6.21. The van der Waals surface area contributed by atoms with E-state index in [0.29, 0.717) is 19.4 Å². The van der Waals surface area contributed by atoms with E-state index in [2.05, 4.69) is 10.6 Å². The fourth-order valence-electron chi connectivity index (χ4n) is 2.75. The average molecular weight is 313 g/mol. The minimum atomic E-state index is -0.995. The Hall–Kier alpha value is -1.63. The van der Waals surface area contributed by atoms with E-state index in [1.165, 1.54) is 6.92 Å². The van der Waals surface area contributed by atoms with Gasteiger partial charge in [0.1, 0.15) is 12.1 Å². The highest BCUT2D eigenvalue weighted by Gasteiger charge is 2.37. The van der Waals surface area contributed by atoms with Crippen LogP contribution in [-0.2, 0) is 14.4 Å². The Labute approximate surface area is 131 Å². The Bertz CT molecular complexity index is 425. The van der Waals surface area contributed by atoms with Crippen LogP contribution < -0.4 is 10.6 Å². The molecule has 0 radical (unpaired) electrons. The average Bonchev–Trinajstić information content (AvgIpc) is 2.93. The Morgan fingerprint density at radius 2 is 1.91 bits per heavy atom. The Morgan fingerprint density at radius 1 is 1.27 bits per heavy atom. The molecule has 7 nitrogen and oxygen atoms in total. The van der Waals surface area contributed by atoms with E-state index in [-0.39, 0.29) is 17.7 Å². The van der Waals surface area contributed by atoms with Gasteiger partial charge in [0.05, 0.1) is 6.04 Å². The number of likely N-dealkylation sites (tertiary alicyclic amines) is 1. The van der Waals surface area contributed by atoms with Crippen LogP contribution >= 0.6 is 0 Å². The summed E-state index contributed by atoms with van der Waals surface area (Å²) in [6.45, 7) is 6.01. The van der Waals surface area contributed by atoms with Crippen LogP contribution in [0.4, 0.5) is 0 Å². The van der Waals surface area contributed by atoms with Gasteiger partial charge in [0.25, 0.3) is 0 Å². The highest BCUT2D eigenvalue weighted by molar-refractivity contribution is 5.90. The molecule has 0 spiro atoms. The van der Waals surface area contributed by atoms with Crippen molar-refractivity contribution < 1.29 is 19.5 Å². The molecule has 22 heavy (non-hydrogen) atoms. The maximum atomic E-state index is 12.8. The molecule has 3 atom stereocenters. The number of hydrogen-bond donors (Lipinski definition) is 3. The summed E-state index contributed by atoms with van der Waals surface area (Å²) in [5.41, 5.74) is 0. The predicted octanol–water partition coefficient (Wildman–Crippen LogP) is 0.201. The van der Waals surface area contributed by atoms with Crippen LogP contribution in [0, 0.1) is 5.92 Å². The van der Waals surface area contributed by atoms with E-state index in [0.717, 1.165) is 6.42 Å². The number of carbonyl (C=O) groups is 3. The molecule has 0 saturated carbocycles. The number of aliphatic carboxylic acids is 1. The van der Waals surface area contributed by atoms with Gasteiger partial charge in [-0.05, 0) is 32.1 Å². The van der Waals surface area contributed by atoms with Crippen LogP contribution in [0.2, 0.25) is 0 Å². The first-order valence-corrected chi connectivity index (χ1v) is 7.78. The summed E-state index contributed by atoms with van der Waals surface area (Å²) < 4.78 is 0. The molecule has 1 aliphatic heterocycles. The fraction of sp³-hybridized carbons (Fsp3) is 0.800. The molecule has 0 aromatic carbocycles. The number of carboxylic acids is 1. The van der Waals surface area contributed by atoms with Crippen molar-refractivity contribution in [3.63, 3.8) is 0 Å². The number of nitrogens with one attached hydrogen (secondary N) is 2. The molecule has 1 aliphatic rings. The number of hydrogen-bond acceptors (Lipinski definition) is 4. The molecule has 0 bridgehead atoms. The standard InChI is InChI=1S/C15H27N3O4/c1-9(2)8-11(17-10(3)15(21)22)14(20)18-7-5-6-12(18)13(19)16-4/h9-12,17H,5-8H2,1-4H3,(H,16,19)(H,21,22)/t10-,11+,12?/m1/s1. The lowest BCUT2D eigenvalue weighted by atomic mass is 10.0. The van der Waals surface area contributed by atoms with Gasteiger partial charge in [-0.1, -0.05) is 13.8 Å². The van der Waals surface area contributed by atoms with Crippen molar-refractivity contribution in [3.8, 4) is 0 Å². The first kappa shape index (κ1) is 18.4. The summed E-state index contributed by atoms with van der Waals surface area (Å²) in [6.07, 6.45) is 1.97. The van der Waals surface area contributed by atoms with Gasteiger partial charge in [-0.2, -0.15) is 0 Å². The van der Waals surface area contributed by atoms with E-state index in [4.69, 9.17) is 5.11 Å². The summed E-state index contributed by atoms with van der Waals surface area (Å²) in [6, 6.07) is -1.85.